The summed E-state index contributed by atoms with van der Waals surface area (Å²) < 4.78 is 12.0. The van der Waals surface area contributed by atoms with Crippen LogP contribution in [0.2, 0.25) is 18.1 Å². The molecule has 1 amide bonds. The average molecular weight is 356 g/mol. The van der Waals surface area contributed by atoms with Gasteiger partial charge < -0.3 is 14.1 Å². The number of carbonyl (C=O) groups excluding carboxylic acids is 1. The van der Waals surface area contributed by atoms with Crippen LogP contribution in [0.25, 0.3) is 0 Å². The molecule has 2 atom stereocenters. The van der Waals surface area contributed by atoms with Crippen LogP contribution in [0.15, 0.2) is 12.2 Å². The van der Waals surface area contributed by atoms with Crippen molar-refractivity contribution in [2.24, 2.45) is 5.92 Å². The number of hydrogen-bond donors (Lipinski definition) is 0. The summed E-state index contributed by atoms with van der Waals surface area (Å²) in [5.74, 6) is 0.385. The van der Waals surface area contributed by atoms with Gasteiger partial charge in [-0.1, -0.05) is 32.9 Å². The van der Waals surface area contributed by atoms with Gasteiger partial charge in [-0.05, 0) is 58.2 Å². The molecule has 1 aliphatic heterocycles. The molecule has 5 heteroatoms. The van der Waals surface area contributed by atoms with Crippen LogP contribution in [-0.2, 0) is 9.16 Å². The van der Waals surface area contributed by atoms with E-state index in [0.717, 1.165) is 6.42 Å². The van der Waals surface area contributed by atoms with Crippen molar-refractivity contribution in [3.8, 4) is 0 Å². The van der Waals surface area contributed by atoms with Crippen molar-refractivity contribution in [2.75, 3.05) is 13.2 Å². The Bertz CT molecular complexity index is 460. The van der Waals surface area contributed by atoms with Crippen molar-refractivity contribution in [1.29, 1.82) is 0 Å². The second kappa shape index (κ2) is 7.61. The fraction of sp³-hybridized carbons (Fsp3) is 0.842. The first kappa shape index (κ1) is 21.2. The summed E-state index contributed by atoms with van der Waals surface area (Å²) in [6.45, 7) is 20.3. The van der Waals surface area contributed by atoms with Gasteiger partial charge in [0.1, 0.15) is 5.60 Å². The quantitative estimate of drug-likeness (QED) is 0.513. The molecule has 1 aliphatic rings. The average Bonchev–Trinajstić information content (AvgIpc) is 2.77. The zero-order chi connectivity index (χ0) is 18.8. The molecule has 0 bridgehead atoms. The molecule has 140 valence electrons. The highest BCUT2D eigenvalue weighted by Gasteiger charge is 2.41. The molecule has 24 heavy (non-hydrogen) atoms. The van der Waals surface area contributed by atoms with Crippen LogP contribution in [0.5, 0.6) is 0 Å². The minimum atomic E-state index is -1.82. The molecule has 0 aromatic carbocycles. The minimum absolute atomic E-state index is 0.0928. The van der Waals surface area contributed by atoms with Gasteiger partial charge in [0.05, 0.1) is 12.6 Å². The summed E-state index contributed by atoms with van der Waals surface area (Å²) >= 11 is 0. The Morgan fingerprint density at radius 1 is 1.21 bits per heavy atom. The summed E-state index contributed by atoms with van der Waals surface area (Å²) in [5.41, 5.74) is -0.472. The van der Waals surface area contributed by atoms with Gasteiger partial charge in [0.2, 0.25) is 0 Å². The van der Waals surface area contributed by atoms with Crippen molar-refractivity contribution >= 4 is 14.4 Å². The normalized spacial score (nSPS) is 23.1. The molecule has 4 nitrogen and oxygen atoms in total. The predicted octanol–water partition coefficient (Wildman–Crippen LogP) is 5.21. The summed E-state index contributed by atoms with van der Waals surface area (Å²) in [4.78, 5) is 14.4. The summed E-state index contributed by atoms with van der Waals surface area (Å²) in [5, 5.41) is 0.172. The Labute approximate surface area is 149 Å². The lowest BCUT2D eigenvalue weighted by Crippen LogP contribution is -2.46. The van der Waals surface area contributed by atoms with E-state index in [-0.39, 0.29) is 17.2 Å². The van der Waals surface area contributed by atoms with Crippen molar-refractivity contribution in [3.63, 3.8) is 0 Å². The lowest BCUT2D eigenvalue weighted by molar-refractivity contribution is 0.0179. The van der Waals surface area contributed by atoms with E-state index < -0.39 is 13.9 Å². The Morgan fingerprint density at radius 2 is 1.79 bits per heavy atom. The largest absolute Gasteiger partial charge is 0.444 e. The molecule has 0 radical (unpaired) electrons. The topological polar surface area (TPSA) is 38.8 Å². The minimum Gasteiger partial charge on any atom is -0.444 e. The zero-order valence-electron chi connectivity index (χ0n) is 17.1. The third-order valence-corrected chi connectivity index (χ3v) is 9.48. The molecule has 0 aromatic heterocycles. The fourth-order valence-electron chi connectivity index (χ4n) is 2.59. The molecule has 0 unspecified atom stereocenters. The molecule has 0 saturated carbocycles. The number of rotatable bonds is 4. The molecule has 0 aromatic rings. The van der Waals surface area contributed by atoms with Gasteiger partial charge >= 0.3 is 6.09 Å². The van der Waals surface area contributed by atoms with Crippen LogP contribution in [0, 0.1) is 5.92 Å². The number of nitrogens with zero attached hydrogens (tertiary/aromatic N) is 1. The van der Waals surface area contributed by atoms with Gasteiger partial charge in [0, 0.05) is 6.54 Å². The standard InChI is InChI=1S/C19H37NO3Si/c1-10-11-15-12-16(14-22-24(8,9)19(5,6)7)20(13-15)17(21)23-18(2,3)4/h10-11,15-16H,12-14H2,1-9H3/b11-10-/t15-,16-/m0/s1. The van der Waals surface area contributed by atoms with Gasteiger partial charge in [-0.3, -0.25) is 0 Å². The number of carbonyl (C=O) groups is 1. The summed E-state index contributed by atoms with van der Waals surface area (Å²) in [7, 11) is -1.82. The fourth-order valence-corrected chi connectivity index (χ4v) is 3.63. The number of amides is 1. The van der Waals surface area contributed by atoms with E-state index in [1.165, 1.54) is 0 Å². The monoisotopic (exact) mass is 355 g/mol. The summed E-state index contributed by atoms with van der Waals surface area (Å²) in [6, 6.07) is 0.0928. The second-order valence-corrected chi connectivity index (χ2v) is 14.2. The van der Waals surface area contributed by atoms with E-state index in [1.807, 2.05) is 32.6 Å². The van der Waals surface area contributed by atoms with Crippen molar-refractivity contribution in [2.45, 2.75) is 84.7 Å². The van der Waals surface area contributed by atoms with Crippen LogP contribution < -0.4 is 0 Å². The van der Waals surface area contributed by atoms with Crippen LogP contribution >= 0.6 is 0 Å². The van der Waals surface area contributed by atoms with Gasteiger partial charge in [0.25, 0.3) is 0 Å². The SMILES string of the molecule is C/C=C\[C@H]1C[C@@H](CO[Si](C)(C)C(C)(C)C)N(C(=O)OC(C)(C)C)C1. The zero-order valence-corrected chi connectivity index (χ0v) is 18.1. The highest BCUT2D eigenvalue weighted by atomic mass is 28.4. The Balaban J connectivity index is 2.82. The van der Waals surface area contributed by atoms with Crippen LogP contribution in [0.3, 0.4) is 0 Å². The number of hydrogen-bond acceptors (Lipinski definition) is 3. The van der Waals surface area contributed by atoms with E-state index in [4.69, 9.17) is 9.16 Å². The van der Waals surface area contributed by atoms with E-state index in [0.29, 0.717) is 19.1 Å². The maximum Gasteiger partial charge on any atom is 0.410 e. The number of ether oxygens (including phenoxy) is 1. The maximum atomic E-state index is 12.6. The first-order valence-corrected chi connectivity index (χ1v) is 11.9. The predicted molar refractivity (Wildman–Crippen MR) is 103 cm³/mol. The van der Waals surface area contributed by atoms with E-state index in [9.17, 15) is 4.79 Å². The van der Waals surface area contributed by atoms with Crippen molar-refractivity contribution in [1.82, 2.24) is 4.90 Å². The lowest BCUT2D eigenvalue weighted by atomic mass is 10.1. The van der Waals surface area contributed by atoms with Gasteiger partial charge in [-0.15, -0.1) is 0 Å². The summed E-state index contributed by atoms with van der Waals surface area (Å²) in [6.07, 6.45) is 4.97. The highest BCUT2D eigenvalue weighted by Crippen LogP contribution is 2.37. The first-order chi connectivity index (χ1) is 10.8. The second-order valence-electron chi connectivity index (χ2n) is 9.38. The molecule has 0 N–H and O–H groups in total. The molecular formula is C19H37NO3Si. The van der Waals surface area contributed by atoms with Crippen LogP contribution in [0.1, 0.15) is 54.9 Å². The van der Waals surface area contributed by atoms with Crippen LogP contribution in [-0.4, -0.2) is 44.1 Å². The van der Waals surface area contributed by atoms with Gasteiger partial charge in [-0.2, -0.15) is 0 Å². The molecule has 1 fully saturated rings. The van der Waals surface area contributed by atoms with Gasteiger partial charge in [0.15, 0.2) is 8.32 Å². The molecule has 1 heterocycles. The van der Waals surface area contributed by atoms with E-state index in [2.05, 4.69) is 46.0 Å². The third kappa shape index (κ3) is 5.92. The lowest BCUT2D eigenvalue weighted by Gasteiger charge is -2.38. The van der Waals surface area contributed by atoms with Gasteiger partial charge in [-0.25, -0.2) is 4.79 Å². The van der Waals surface area contributed by atoms with Crippen LogP contribution in [0.4, 0.5) is 4.79 Å². The first-order valence-electron chi connectivity index (χ1n) is 9.03. The molecule has 1 rings (SSSR count). The van der Waals surface area contributed by atoms with Crippen molar-refractivity contribution in [3.05, 3.63) is 12.2 Å². The molecule has 1 saturated heterocycles. The molecule has 0 aliphatic carbocycles. The van der Waals surface area contributed by atoms with E-state index >= 15 is 0 Å². The maximum absolute atomic E-state index is 12.6. The van der Waals surface area contributed by atoms with E-state index in [1.54, 1.807) is 0 Å². The Hall–Kier alpha value is -0.813. The third-order valence-electron chi connectivity index (χ3n) is 4.98. The Morgan fingerprint density at radius 3 is 2.25 bits per heavy atom. The Kier molecular flexibility index (Phi) is 6.73. The molecular weight excluding hydrogens is 318 g/mol. The number of likely N-dealkylation sites (tertiary alicyclic amines) is 1. The highest BCUT2D eigenvalue weighted by molar-refractivity contribution is 6.74. The number of allylic oxidation sites excluding steroid dienone is 1. The molecule has 0 spiro atoms. The van der Waals surface area contributed by atoms with Crippen molar-refractivity contribution < 1.29 is 14.0 Å². The smallest absolute Gasteiger partial charge is 0.410 e.